The van der Waals surface area contributed by atoms with Gasteiger partial charge in [0.25, 0.3) is 5.89 Å². The molecule has 1 heterocycles. The first-order chi connectivity index (χ1) is 8.56. The zero-order valence-electron chi connectivity index (χ0n) is 10.2. The van der Waals surface area contributed by atoms with E-state index in [1.165, 1.54) is 0 Å². The molecule has 1 aromatic heterocycles. The van der Waals surface area contributed by atoms with Crippen molar-refractivity contribution in [2.75, 3.05) is 5.73 Å². The van der Waals surface area contributed by atoms with Gasteiger partial charge in [-0.25, -0.2) is 0 Å². The van der Waals surface area contributed by atoms with E-state index in [2.05, 4.69) is 24.0 Å². The molecule has 96 valence electrons. The Kier molecular flexibility index (Phi) is 4.14. The van der Waals surface area contributed by atoms with Crippen molar-refractivity contribution in [3.63, 3.8) is 0 Å². The Labute approximate surface area is 115 Å². The Bertz CT molecular complexity index is 542. The molecule has 0 bridgehead atoms. The highest BCUT2D eigenvalue weighted by molar-refractivity contribution is 7.99. The van der Waals surface area contributed by atoms with E-state index in [0.29, 0.717) is 27.7 Å². The maximum atomic E-state index is 5.86. The van der Waals surface area contributed by atoms with Crippen LogP contribution in [0.2, 0.25) is 5.02 Å². The quantitative estimate of drug-likeness (QED) is 0.868. The van der Waals surface area contributed by atoms with Gasteiger partial charge in [-0.05, 0) is 23.4 Å². The Balaban J connectivity index is 2.16. The highest BCUT2D eigenvalue weighted by Crippen LogP contribution is 2.26. The van der Waals surface area contributed by atoms with Crippen molar-refractivity contribution < 1.29 is 4.52 Å². The van der Waals surface area contributed by atoms with E-state index in [1.807, 2.05) is 6.07 Å². The number of hydrogen-bond acceptors (Lipinski definition) is 5. The monoisotopic (exact) mass is 283 g/mol. The van der Waals surface area contributed by atoms with Crippen molar-refractivity contribution in [3.05, 3.63) is 29.0 Å². The molecule has 0 saturated heterocycles. The first kappa shape index (κ1) is 13.2. The average Bonchev–Trinajstić information content (AvgIpc) is 2.79. The average molecular weight is 284 g/mol. The second-order valence-corrected chi connectivity index (χ2v) is 6.08. The minimum Gasteiger partial charge on any atom is -0.398 e. The molecule has 0 aliphatic rings. The van der Waals surface area contributed by atoms with E-state index in [1.54, 1.807) is 23.9 Å². The van der Waals surface area contributed by atoms with Crippen LogP contribution in [0, 0.1) is 0 Å². The molecule has 0 unspecified atom stereocenters. The fraction of sp³-hybridized carbons (Fsp3) is 0.333. The number of nitrogen functional groups attached to an aromatic ring is 1. The molecule has 2 N–H and O–H groups in total. The van der Waals surface area contributed by atoms with Gasteiger partial charge in [-0.2, -0.15) is 16.7 Å². The molecule has 0 aliphatic heterocycles. The van der Waals surface area contributed by atoms with Gasteiger partial charge in [0.1, 0.15) is 0 Å². The SMILES string of the molecule is CC(C)SCc1noc(-c2ccc(Cl)c(N)c2)n1. The van der Waals surface area contributed by atoms with Crippen LogP contribution < -0.4 is 5.73 Å². The van der Waals surface area contributed by atoms with Crippen molar-refractivity contribution in [2.45, 2.75) is 24.9 Å². The van der Waals surface area contributed by atoms with Gasteiger partial charge in [0.05, 0.1) is 16.5 Å². The number of nitrogens with two attached hydrogens (primary N) is 1. The van der Waals surface area contributed by atoms with Crippen LogP contribution in [0.5, 0.6) is 0 Å². The number of benzene rings is 1. The van der Waals surface area contributed by atoms with Crippen molar-refractivity contribution in [1.29, 1.82) is 0 Å². The molecule has 0 radical (unpaired) electrons. The van der Waals surface area contributed by atoms with Crippen molar-refractivity contribution in [1.82, 2.24) is 10.1 Å². The van der Waals surface area contributed by atoms with Gasteiger partial charge < -0.3 is 10.3 Å². The third-order valence-corrected chi connectivity index (χ3v) is 3.69. The van der Waals surface area contributed by atoms with E-state index in [9.17, 15) is 0 Å². The zero-order valence-corrected chi connectivity index (χ0v) is 11.8. The minimum atomic E-state index is 0.470. The summed E-state index contributed by atoms with van der Waals surface area (Å²) in [6.45, 7) is 4.26. The van der Waals surface area contributed by atoms with Crippen LogP contribution in [0.15, 0.2) is 22.7 Å². The Morgan fingerprint density at radius 2 is 2.22 bits per heavy atom. The number of thioether (sulfide) groups is 1. The second-order valence-electron chi connectivity index (χ2n) is 4.11. The Morgan fingerprint density at radius 1 is 1.44 bits per heavy atom. The summed E-state index contributed by atoms with van der Waals surface area (Å²) in [5, 5.41) is 5.00. The molecular formula is C12H14ClN3OS. The lowest BCUT2D eigenvalue weighted by Crippen LogP contribution is -1.91. The molecular weight excluding hydrogens is 270 g/mol. The lowest BCUT2D eigenvalue weighted by Gasteiger charge is -1.99. The van der Waals surface area contributed by atoms with Crippen LogP contribution in [0.4, 0.5) is 5.69 Å². The molecule has 2 rings (SSSR count). The molecule has 4 nitrogen and oxygen atoms in total. The van der Waals surface area contributed by atoms with Gasteiger partial charge in [-0.3, -0.25) is 0 Å². The predicted molar refractivity (Wildman–Crippen MR) is 75.6 cm³/mol. The topological polar surface area (TPSA) is 64.9 Å². The normalized spacial score (nSPS) is 11.1. The fourth-order valence-corrected chi connectivity index (χ4v) is 2.07. The summed E-state index contributed by atoms with van der Waals surface area (Å²) in [4.78, 5) is 4.33. The molecule has 0 atom stereocenters. The summed E-state index contributed by atoms with van der Waals surface area (Å²) >= 11 is 7.63. The van der Waals surface area contributed by atoms with Gasteiger partial charge in [-0.1, -0.05) is 30.6 Å². The molecule has 0 aliphatic carbocycles. The molecule has 0 saturated carbocycles. The maximum absolute atomic E-state index is 5.86. The lowest BCUT2D eigenvalue weighted by atomic mass is 10.2. The predicted octanol–water partition coefficient (Wildman–Crippen LogP) is 3.61. The van der Waals surface area contributed by atoms with E-state index in [-0.39, 0.29) is 0 Å². The van der Waals surface area contributed by atoms with Gasteiger partial charge in [0, 0.05) is 5.56 Å². The zero-order chi connectivity index (χ0) is 13.1. The molecule has 0 spiro atoms. The van der Waals surface area contributed by atoms with E-state index in [4.69, 9.17) is 21.9 Å². The number of anilines is 1. The Hall–Kier alpha value is -1.20. The second kappa shape index (κ2) is 5.63. The van der Waals surface area contributed by atoms with E-state index >= 15 is 0 Å². The molecule has 0 fully saturated rings. The molecule has 2 aromatic rings. The van der Waals surface area contributed by atoms with Crippen LogP contribution in [0.1, 0.15) is 19.7 Å². The third-order valence-electron chi connectivity index (χ3n) is 2.26. The molecule has 18 heavy (non-hydrogen) atoms. The van der Waals surface area contributed by atoms with Crippen molar-refractivity contribution in [3.8, 4) is 11.5 Å². The van der Waals surface area contributed by atoms with Crippen LogP contribution in [0.3, 0.4) is 0 Å². The fourth-order valence-electron chi connectivity index (χ4n) is 1.35. The first-order valence-electron chi connectivity index (χ1n) is 5.56. The molecule has 1 aromatic carbocycles. The largest absolute Gasteiger partial charge is 0.398 e. The van der Waals surface area contributed by atoms with Gasteiger partial charge in [0.15, 0.2) is 5.82 Å². The van der Waals surface area contributed by atoms with Crippen molar-refractivity contribution in [2.24, 2.45) is 0 Å². The summed E-state index contributed by atoms with van der Waals surface area (Å²) in [5.74, 6) is 1.90. The maximum Gasteiger partial charge on any atom is 0.258 e. The number of nitrogens with zero attached hydrogens (tertiary/aromatic N) is 2. The highest BCUT2D eigenvalue weighted by atomic mass is 35.5. The molecule has 0 amide bonds. The number of hydrogen-bond donors (Lipinski definition) is 1. The summed E-state index contributed by atoms with van der Waals surface area (Å²) in [5.41, 5.74) is 7.02. The van der Waals surface area contributed by atoms with E-state index < -0.39 is 0 Å². The number of rotatable bonds is 4. The number of aromatic nitrogens is 2. The lowest BCUT2D eigenvalue weighted by molar-refractivity contribution is 0.425. The van der Waals surface area contributed by atoms with Crippen LogP contribution in [-0.4, -0.2) is 15.4 Å². The van der Waals surface area contributed by atoms with Crippen molar-refractivity contribution >= 4 is 29.1 Å². The standard InChI is InChI=1S/C12H14ClN3OS/c1-7(2)18-6-11-15-12(17-16-11)8-3-4-9(13)10(14)5-8/h3-5,7H,6,14H2,1-2H3. The Morgan fingerprint density at radius 3 is 2.89 bits per heavy atom. The molecule has 6 heteroatoms. The summed E-state index contributed by atoms with van der Waals surface area (Å²) in [7, 11) is 0. The third kappa shape index (κ3) is 3.17. The highest BCUT2D eigenvalue weighted by Gasteiger charge is 2.10. The summed E-state index contributed by atoms with van der Waals surface area (Å²) < 4.78 is 5.20. The number of halogens is 1. The van der Waals surface area contributed by atoms with Gasteiger partial charge in [-0.15, -0.1) is 0 Å². The van der Waals surface area contributed by atoms with Crippen LogP contribution in [0.25, 0.3) is 11.5 Å². The van der Waals surface area contributed by atoms with Crippen LogP contribution in [-0.2, 0) is 5.75 Å². The van der Waals surface area contributed by atoms with Gasteiger partial charge in [0.2, 0.25) is 0 Å². The summed E-state index contributed by atoms with van der Waals surface area (Å²) in [6, 6.07) is 5.26. The van der Waals surface area contributed by atoms with Crippen LogP contribution >= 0.6 is 23.4 Å². The van der Waals surface area contributed by atoms with Gasteiger partial charge >= 0.3 is 0 Å². The smallest absolute Gasteiger partial charge is 0.258 e. The summed E-state index contributed by atoms with van der Waals surface area (Å²) in [6.07, 6.45) is 0. The van der Waals surface area contributed by atoms with E-state index in [0.717, 1.165) is 11.3 Å². The first-order valence-corrected chi connectivity index (χ1v) is 6.98. The minimum absolute atomic E-state index is 0.470.